The molecule has 0 amide bonds. The Morgan fingerprint density at radius 3 is 2.74 bits per heavy atom. The molecule has 1 aromatic carbocycles. The van der Waals surface area contributed by atoms with E-state index in [0.717, 1.165) is 5.69 Å². The maximum atomic E-state index is 11.5. The van der Waals surface area contributed by atoms with E-state index in [0.29, 0.717) is 11.6 Å². The number of anilines is 1. The number of hydrogen-bond donors (Lipinski definition) is 1. The van der Waals surface area contributed by atoms with E-state index >= 15 is 0 Å². The highest BCUT2D eigenvalue weighted by atomic mass is 16.5. The lowest BCUT2D eigenvalue weighted by Gasteiger charge is -2.10. The van der Waals surface area contributed by atoms with E-state index in [4.69, 9.17) is 10.5 Å². The van der Waals surface area contributed by atoms with Crippen LogP contribution in [0.15, 0.2) is 24.3 Å². The van der Waals surface area contributed by atoms with E-state index < -0.39 is 5.97 Å². The molecule has 6 nitrogen and oxygen atoms in total. The molecule has 0 saturated heterocycles. The summed E-state index contributed by atoms with van der Waals surface area (Å²) in [5.74, 6) is 0.446. The van der Waals surface area contributed by atoms with Crippen LogP contribution in [0, 0.1) is 6.92 Å². The van der Waals surface area contributed by atoms with Gasteiger partial charge in [-0.05, 0) is 19.1 Å². The monoisotopic (exact) mass is 261 g/mol. The van der Waals surface area contributed by atoms with Gasteiger partial charge in [0.15, 0.2) is 5.75 Å². The predicted octanol–water partition coefficient (Wildman–Crippen LogP) is 1.89. The molecule has 6 heteroatoms. The lowest BCUT2D eigenvalue weighted by atomic mass is 10.1. The van der Waals surface area contributed by atoms with E-state index in [2.05, 4.69) is 9.84 Å². The number of ether oxygens (including phenoxy) is 2. The van der Waals surface area contributed by atoms with Crippen molar-refractivity contribution in [1.29, 1.82) is 0 Å². The standard InChI is InChI=1S/C13H15N3O3/c1-8-7-11(16(2)15-8)19-10-6-4-5-9(12(10)14)13(17)18-3/h4-7H,14H2,1-3H3. The van der Waals surface area contributed by atoms with Crippen molar-refractivity contribution in [2.75, 3.05) is 12.8 Å². The molecule has 2 rings (SSSR count). The fourth-order valence-electron chi connectivity index (χ4n) is 1.72. The van der Waals surface area contributed by atoms with Crippen LogP contribution in [0.2, 0.25) is 0 Å². The number of esters is 1. The molecular formula is C13H15N3O3. The van der Waals surface area contributed by atoms with Gasteiger partial charge in [0.1, 0.15) is 0 Å². The molecule has 2 N–H and O–H groups in total. The van der Waals surface area contributed by atoms with Crippen molar-refractivity contribution in [2.24, 2.45) is 7.05 Å². The van der Waals surface area contributed by atoms with Gasteiger partial charge in [-0.25, -0.2) is 9.48 Å². The molecule has 2 aromatic rings. The molecule has 0 aliphatic heterocycles. The van der Waals surface area contributed by atoms with Gasteiger partial charge >= 0.3 is 5.97 Å². The second kappa shape index (κ2) is 5.01. The van der Waals surface area contributed by atoms with E-state index in [1.54, 1.807) is 36.0 Å². The maximum Gasteiger partial charge on any atom is 0.340 e. The van der Waals surface area contributed by atoms with Crippen LogP contribution < -0.4 is 10.5 Å². The van der Waals surface area contributed by atoms with Crippen molar-refractivity contribution in [1.82, 2.24) is 9.78 Å². The number of nitrogens with zero attached hydrogens (tertiary/aromatic N) is 2. The Labute approximate surface area is 110 Å². The average Bonchev–Trinajstić information content (AvgIpc) is 2.69. The van der Waals surface area contributed by atoms with E-state index in [9.17, 15) is 4.79 Å². The van der Waals surface area contributed by atoms with Crippen molar-refractivity contribution in [3.8, 4) is 11.6 Å². The molecule has 1 aromatic heterocycles. The summed E-state index contributed by atoms with van der Waals surface area (Å²) < 4.78 is 11.9. The van der Waals surface area contributed by atoms with Gasteiger partial charge in [0.2, 0.25) is 5.88 Å². The van der Waals surface area contributed by atoms with Gasteiger partial charge in [0, 0.05) is 13.1 Å². The van der Waals surface area contributed by atoms with Crippen LogP contribution in [0.1, 0.15) is 16.1 Å². The van der Waals surface area contributed by atoms with Gasteiger partial charge in [-0.1, -0.05) is 6.07 Å². The Balaban J connectivity index is 2.36. The third-order valence-corrected chi connectivity index (χ3v) is 2.64. The molecule has 0 saturated carbocycles. The van der Waals surface area contributed by atoms with E-state index in [1.165, 1.54) is 7.11 Å². The minimum Gasteiger partial charge on any atom is -0.465 e. The van der Waals surface area contributed by atoms with E-state index in [1.807, 2.05) is 6.92 Å². The molecule has 19 heavy (non-hydrogen) atoms. The first kappa shape index (κ1) is 12.9. The largest absolute Gasteiger partial charge is 0.465 e. The lowest BCUT2D eigenvalue weighted by molar-refractivity contribution is 0.0601. The van der Waals surface area contributed by atoms with Crippen molar-refractivity contribution < 1.29 is 14.3 Å². The first-order chi connectivity index (χ1) is 9.02. The summed E-state index contributed by atoms with van der Waals surface area (Å²) in [7, 11) is 3.07. The maximum absolute atomic E-state index is 11.5. The molecular weight excluding hydrogens is 246 g/mol. The Morgan fingerprint density at radius 1 is 1.42 bits per heavy atom. The second-order valence-electron chi connectivity index (χ2n) is 4.06. The molecule has 0 aliphatic rings. The number of aromatic nitrogens is 2. The van der Waals surface area contributed by atoms with Crippen LogP contribution in [-0.4, -0.2) is 22.9 Å². The van der Waals surface area contributed by atoms with Crippen molar-refractivity contribution in [2.45, 2.75) is 6.92 Å². The fourth-order valence-corrected chi connectivity index (χ4v) is 1.72. The van der Waals surface area contributed by atoms with Crippen LogP contribution in [0.4, 0.5) is 5.69 Å². The number of carbonyl (C=O) groups is 1. The van der Waals surface area contributed by atoms with Crippen LogP contribution in [0.3, 0.4) is 0 Å². The quantitative estimate of drug-likeness (QED) is 0.674. The summed E-state index contributed by atoms with van der Waals surface area (Å²) in [6, 6.07) is 6.73. The van der Waals surface area contributed by atoms with Gasteiger partial charge in [0.05, 0.1) is 24.1 Å². The number of carbonyl (C=O) groups excluding carboxylic acids is 1. The first-order valence-corrected chi connectivity index (χ1v) is 5.68. The smallest absolute Gasteiger partial charge is 0.340 e. The minimum atomic E-state index is -0.496. The number of nitrogens with two attached hydrogens (primary N) is 1. The summed E-state index contributed by atoms with van der Waals surface area (Å²) >= 11 is 0. The van der Waals surface area contributed by atoms with E-state index in [-0.39, 0.29) is 11.3 Å². The molecule has 0 spiro atoms. The highest BCUT2D eigenvalue weighted by Gasteiger charge is 2.15. The van der Waals surface area contributed by atoms with Gasteiger partial charge in [-0.2, -0.15) is 5.10 Å². The third kappa shape index (κ3) is 2.52. The van der Waals surface area contributed by atoms with Gasteiger partial charge in [-0.3, -0.25) is 0 Å². The highest BCUT2D eigenvalue weighted by Crippen LogP contribution is 2.30. The summed E-state index contributed by atoms with van der Waals surface area (Å²) in [5.41, 5.74) is 7.26. The predicted molar refractivity (Wildman–Crippen MR) is 70.2 cm³/mol. The molecule has 0 atom stereocenters. The Kier molecular flexibility index (Phi) is 3.41. The Morgan fingerprint density at radius 2 is 2.16 bits per heavy atom. The second-order valence-corrected chi connectivity index (χ2v) is 4.06. The molecule has 0 unspecified atom stereocenters. The number of rotatable bonds is 3. The van der Waals surface area contributed by atoms with Crippen molar-refractivity contribution in [3.05, 3.63) is 35.5 Å². The van der Waals surface area contributed by atoms with Crippen LogP contribution in [-0.2, 0) is 11.8 Å². The number of benzene rings is 1. The van der Waals surface area contributed by atoms with Crippen LogP contribution in [0.25, 0.3) is 0 Å². The average molecular weight is 261 g/mol. The summed E-state index contributed by atoms with van der Waals surface area (Å²) in [4.78, 5) is 11.5. The van der Waals surface area contributed by atoms with Gasteiger partial charge in [0.25, 0.3) is 0 Å². The van der Waals surface area contributed by atoms with Crippen LogP contribution >= 0.6 is 0 Å². The SMILES string of the molecule is COC(=O)c1cccc(Oc2cc(C)nn2C)c1N. The molecule has 0 aliphatic carbocycles. The van der Waals surface area contributed by atoms with Crippen molar-refractivity contribution >= 4 is 11.7 Å². The lowest BCUT2D eigenvalue weighted by Crippen LogP contribution is -2.07. The summed E-state index contributed by atoms with van der Waals surface area (Å²) in [5, 5.41) is 4.17. The van der Waals surface area contributed by atoms with Crippen molar-refractivity contribution in [3.63, 3.8) is 0 Å². The zero-order chi connectivity index (χ0) is 14.0. The number of hydrogen-bond acceptors (Lipinski definition) is 5. The Hall–Kier alpha value is -2.50. The van der Waals surface area contributed by atoms with Gasteiger partial charge < -0.3 is 15.2 Å². The number of para-hydroxylation sites is 1. The normalized spacial score (nSPS) is 10.3. The number of aryl methyl sites for hydroxylation is 2. The molecule has 100 valence electrons. The first-order valence-electron chi connectivity index (χ1n) is 5.68. The molecule has 0 bridgehead atoms. The van der Waals surface area contributed by atoms with Gasteiger partial charge in [-0.15, -0.1) is 0 Å². The molecule has 0 radical (unpaired) electrons. The van der Waals surface area contributed by atoms with Crippen LogP contribution in [0.5, 0.6) is 11.6 Å². The minimum absolute atomic E-state index is 0.244. The highest BCUT2D eigenvalue weighted by molar-refractivity contribution is 5.96. The molecule has 1 heterocycles. The summed E-state index contributed by atoms with van der Waals surface area (Å²) in [6.07, 6.45) is 0. The Bertz CT molecular complexity index is 620. The number of methoxy groups -OCH3 is 1. The summed E-state index contributed by atoms with van der Waals surface area (Å²) in [6.45, 7) is 1.86. The zero-order valence-electron chi connectivity index (χ0n) is 11.0. The third-order valence-electron chi connectivity index (χ3n) is 2.64. The zero-order valence-corrected chi connectivity index (χ0v) is 11.0. The molecule has 0 fully saturated rings. The number of nitrogen functional groups attached to an aromatic ring is 1. The fraction of sp³-hybridized carbons (Fsp3) is 0.231. The topological polar surface area (TPSA) is 79.4 Å².